The third kappa shape index (κ3) is 3.16. The number of hydrogen-bond acceptors (Lipinski definition) is 6. The molecule has 0 aromatic carbocycles. The molecule has 3 rings (SSSR count). The van der Waals surface area contributed by atoms with Gasteiger partial charge >= 0.3 is 0 Å². The standard InChI is InChI=1S/C15H20N4OS/c1-11(13-5-3-7-21-13)18-14-8-15(17-10-16-14)19-6-2-4-12(19)9-20/h3,5,7-8,10-12,20H,2,4,6,9H2,1H3,(H,16,17,18)/t11-,12-/m1/s1. The van der Waals surface area contributed by atoms with Gasteiger partial charge in [-0.3, -0.25) is 0 Å². The molecule has 0 unspecified atom stereocenters. The maximum atomic E-state index is 9.44. The second-order valence-corrected chi connectivity index (χ2v) is 6.29. The SMILES string of the molecule is C[C@@H](Nc1cc(N2CCC[C@@H]2CO)ncn1)c1cccs1. The molecule has 2 aromatic heterocycles. The third-order valence-electron chi connectivity index (χ3n) is 3.87. The third-order valence-corrected chi connectivity index (χ3v) is 4.92. The number of nitrogens with zero attached hydrogens (tertiary/aromatic N) is 3. The number of hydrogen-bond donors (Lipinski definition) is 2. The second-order valence-electron chi connectivity index (χ2n) is 5.31. The van der Waals surface area contributed by atoms with Gasteiger partial charge in [-0.25, -0.2) is 9.97 Å². The summed E-state index contributed by atoms with van der Waals surface area (Å²) >= 11 is 1.73. The molecule has 0 saturated carbocycles. The van der Waals surface area contributed by atoms with E-state index < -0.39 is 0 Å². The highest BCUT2D eigenvalue weighted by molar-refractivity contribution is 7.10. The first kappa shape index (κ1) is 14.3. The topological polar surface area (TPSA) is 61.3 Å². The molecule has 0 spiro atoms. The number of anilines is 2. The van der Waals surface area contributed by atoms with E-state index in [-0.39, 0.29) is 18.7 Å². The van der Waals surface area contributed by atoms with Gasteiger partial charge in [-0.1, -0.05) is 6.07 Å². The molecular formula is C15H20N4OS. The molecule has 1 aliphatic rings. The quantitative estimate of drug-likeness (QED) is 0.889. The molecule has 2 aromatic rings. The predicted octanol–water partition coefficient (Wildman–Crippen LogP) is 2.67. The van der Waals surface area contributed by atoms with Crippen LogP contribution in [0.25, 0.3) is 0 Å². The Labute approximate surface area is 128 Å². The first-order valence-electron chi connectivity index (χ1n) is 7.27. The number of thiophene rings is 1. The molecule has 0 radical (unpaired) electrons. The van der Waals surface area contributed by atoms with Crippen LogP contribution in [0.2, 0.25) is 0 Å². The van der Waals surface area contributed by atoms with Crippen molar-refractivity contribution in [1.82, 2.24) is 9.97 Å². The monoisotopic (exact) mass is 304 g/mol. The molecule has 6 heteroatoms. The summed E-state index contributed by atoms with van der Waals surface area (Å²) in [5.74, 6) is 1.71. The van der Waals surface area contributed by atoms with E-state index in [1.807, 2.05) is 6.07 Å². The summed E-state index contributed by atoms with van der Waals surface area (Å²) in [6.07, 6.45) is 3.71. The smallest absolute Gasteiger partial charge is 0.134 e. The fraction of sp³-hybridized carbons (Fsp3) is 0.467. The van der Waals surface area contributed by atoms with E-state index in [0.29, 0.717) is 0 Å². The highest BCUT2D eigenvalue weighted by Gasteiger charge is 2.25. The maximum absolute atomic E-state index is 9.44. The van der Waals surface area contributed by atoms with Crippen LogP contribution in [0.1, 0.15) is 30.7 Å². The van der Waals surface area contributed by atoms with Gasteiger partial charge in [0.1, 0.15) is 18.0 Å². The lowest BCUT2D eigenvalue weighted by atomic mass is 10.2. The summed E-state index contributed by atoms with van der Waals surface area (Å²) < 4.78 is 0. The van der Waals surface area contributed by atoms with Crippen LogP contribution in [0.15, 0.2) is 29.9 Å². The summed E-state index contributed by atoms with van der Waals surface area (Å²) in [4.78, 5) is 12.1. The Hall–Kier alpha value is -1.66. The number of rotatable bonds is 5. The summed E-state index contributed by atoms with van der Waals surface area (Å²) in [5.41, 5.74) is 0. The summed E-state index contributed by atoms with van der Waals surface area (Å²) in [5, 5.41) is 14.9. The van der Waals surface area contributed by atoms with E-state index in [9.17, 15) is 5.11 Å². The van der Waals surface area contributed by atoms with Crippen molar-refractivity contribution < 1.29 is 5.11 Å². The van der Waals surface area contributed by atoms with E-state index in [2.05, 4.69) is 44.6 Å². The first-order valence-corrected chi connectivity index (χ1v) is 8.15. The van der Waals surface area contributed by atoms with Gasteiger partial charge in [-0.2, -0.15) is 0 Å². The zero-order valence-corrected chi connectivity index (χ0v) is 12.9. The van der Waals surface area contributed by atoms with Gasteiger partial charge in [0.05, 0.1) is 18.7 Å². The Morgan fingerprint density at radius 1 is 1.52 bits per heavy atom. The Morgan fingerprint density at radius 3 is 3.19 bits per heavy atom. The molecule has 112 valence electrons. The minimum atomic E-state index is 0.179. The highest BCUT2D eigenvalue weighted by atomic mass is 32.1. The van der Waals surface area contributed by atoms with Crippen LogP contribution in [0.4, 0.5) is 11.6 Å². The van der Waals surface area contributed by atoms with E-state index in [1.165, 1.54) is 4.88 Å². The molecule has 1 saturated heterocycles. The Bertz CT molecular complexity index is 575. The van der Waals surface area contributed by atoms with Crippen molar-refractivity contribution in [1.29, 1.82) is 0 Å². The average molecular weight is 304 g/mol. The van der Waals surface area contributed by atoms with Gasteiger partial charge in [-0.05, 0) is 31.2 Å². The highest BCUT2D eigenvalue weighted by Crippen LogP contribution is 2.26. The molecule has 1 fully saturated rings. The normalized spacial score (nSPS) is 19.7. The molecule has 0 aliphatic carbocycles. The van der Waals surface area contributed by atoms with Crippen molar-refractivity contribution in [3.63, 3.8) is 0 Å². The van der Waals surface area contributed by atoms with Gasteiger partial charge < -0.3 is 15.3 Å². The molecule has 21 heavy (non-hydrogen) atoms. The van der Waals surface area contributed by atoms with E-state index in [1.54, 1.807) is 17.7 Å². The van der Waals surface area contributed by atoms with Gasteiger partial charge in [-0.15, -0.1) is 11.3 Å². The van der Waals surface area contributed by atoms with Crippen LogP contribution in [0, 0.1) is 0 Å². The van der Waals surface area contributed by atoms with Gasteiger partial charge in [0.2, 0.25) is 0 Å². The number of aliphatic hydroxyl groups is 1. The van der Waals surface area contributed by atoms with Crippen LogP contribution in [-0.2, 0) is 0 Å². The van der Waals surface area contributed by atoms with Crippen molar-refractivity contribution in [2.75, 3.05) is 23.4 Å². The van der Waals surface area contributed by atoms with Crippen LogP contribution in [0.5, 0.6) is 0 Å². The minimum Gasteiger partial charge on any atom is -0.394 e. The van der Waals surface area contributed by atoms with Crippen molar-refractivity contribution in [2.24, 2.45) is 0 Å². The van der Waals surface area contributed by atoms with Crippen molar-refractivity contribution in [3.05, 3.63) is 34.8 Å². The number of nitrogens with one attached hydrogen (secondary N) is 1. The van der Waals surface area contributed by atoms with Crippen LogP contribution >= 0.6 is 11.3 Å². The summed E-state index contributed by atoms with van der Waals surface area (Å²) in [6, 6.07) is 6.55. The van der Waals surface area contributed by atoms with Crippen LogP contribution in [0.3, 0.4) is 0 Å². The average Bonchev–Trinajstić information content (AvgIpc) is 3.18. The largest absolute Gasteiger partial charge is 0.394 e. The van der Waals surface area contributed by atoms with E-state index in [4.69, 9.17) is 0 Å². The Kier molecular flexibility index (Phi) is 4.36. The van der Waals surface area contributed by atoms with Crippen LogP contribution < -0.4 is 10.2 Å². The Morgan fingerprint density at radius 2 is 2.43 bits per heavy atom. The van der Waals surface area contributed by atoms with E-state index in [0.717, 1.165) is 31.0 Å². The van der Waals surface area contributed by atoms with Crippen LogP contribution in [-0.4, -0.2) is 34.3 Å². The maximum Gasteiger partial charge on any atom is 0.134 e. The zero-order valence-electron chi connectivity index (χ0n) is 12.1. The van der Waals surface area contributed by atoms with Gasteiger partial charge in [0, 0.05) is 17.5 Å². The number of aromatic nitrogens is 2. The molecule has 0 bridgehead atoms. The summed E-state index contributed by atoms with van der Waals surface area (Å²) in [6.45, 7) is 3.25. The van der Waals surface area contributed by atoms with Crippen molar-refractivity contribution in [2.45, 2.75) is 31.8 Å². The lowest BCUT2D eigenvalue weighted by Gasteiger charge is -2.24. The van der Waals surface area contributed by atoms with E-state index >= 15 is 0 Å². The number of aliphatic hydroxyl groups excluding tert-OH is 1. The molecule has 1 aliphatic heterocycles. The fourth-order valence-corrected chi connectivity index (χ4v) is 3.48. The van der Waals surface area contributed by atoms with Crippen molar-refractivity contribution >= 4 is 23.0 Å². The summed E-state index contributed by atoms with van der Waals surface area (Å²) in [7, 11) is 0. The molecule has 3 heterocycles. The van der Waals surface area contributed by atoms with Gasteiger partial charge in [0.25, 0.3) is 0 Å². The molecule has 0 amide bonds. The van der Waals surface area contributed by atoms with Gasteiger partial charge in [0.15, 0.2) is 0 Å². The van der Waals surface area contributed by atoms with Crippen molar-refractivity contribution in [3.8, 4) is 0 Å². The molecule has 2 atom stereocenters. The lowest BCUT2D eigenvalue weighted by molar-refractivity contribution is 0.266. The second kappa shape index (κ2) is 6.41. The lowest BCUT2D eigenvalue weighted by Crippen LogP contribution is -2.32. The zero-order chi connectivity index (χ0) is 14.7. The Balaban J connectivity index is 1.74. The first-order chi connectivity index (χ1) is 10.3. The minimum absolute atomic E-state index is 0.179. The molecule has 5 nitrogen and oxygen atoms in total. The predicted molar refractivity (Wildman–Crippen MR) is 85.8 cm³/mol. The molecule has 2 N–H and O–H groups in total. The fourth-order valence-electron chi connectivity index (χ4n) is 2.74. The molecular weight excluding hydrogens is 284 g/mol.